The first kappa shape index (κ1) is 12.7. The average molecular weight is 281 g/mol. The average Bonchev–Trinajstić information content (AvgIpc) is 2.90. The second kappa shape index (κ2) is 5.09. The Morgan fingerprint density at radius 1 is 0.818 bits per heavy atom. The molecule has 3 aromatic carbocycles. The van der Waals surface area contributed by atoms with Gasteiger partial charge in [0.25, 0.3) is 0 Å². The molecule has 0 aliphatic heterocycles. The summed E-state index contributed by atoms with van der Waals surface area (Å²) in [6.07, 6.45) is 1.79. The highest BCUT2D eigenvalue weighted by Gasteiger charge is 2.09. The highest BCUT2D eigenvalue weighted by molar-refractivity contribution is 6.08. The number of aromatic nitrogens is 1. The van der Waals surface area contributed by atoms with Crippen molar-refractivity contribution in [2.75, 3.05) is 0 Å². The first-order valence-electron chi connectivity index (χ1n) is 7.38. The molecule has 1 aromatic heterocycles. The van der Waals surface area contributed by atoms with Gasteiger partial charge in [0.15, 0.2) is 0 Å². The van der Waals surface area contributed by atoms with Crippen LogP contribution in [0.25, 0.3) is 27.9 Å². The molecule has 1 nitrogen and oxygen atoms in total. The molecular weight excluding hydrogens is 266 g/mol. The largest absolute Gasteiger partial charge is 0.335 e. The van der Waals surface area contributed by atoms with Gasteiger partial charge in [0.2, 0.25) is 0 Å². The highest BCUT2D eigenvalue weighted by Crippen LogP contribution is 2.29. The van der Waals surface area contributed by atoms with E-state index < -0.39 is 0 Å². The minimum Gasteiger partial charge on any atom is -0.335 e. The van der Waals surface area contributed by atoms with Gasteiger partial charge in [-0.05, 0) is 24.3 Å². The van der Waals surface area contributed by atoms with Gasteiger partial charge in [-0.15, -0.1) is 0 Å². The highest BCUT2D eigenvalue weighted by atomic mass is 15.0. The molecule has 0 atom stereocenters. The summed E-state index contributed by atoms with van der Waals surface area (Å²) in [6, 6.07) is 27.6. The van der Waals surface area contributed by atoms with Crippen LogP contribution in [0.2, 0.25) is 0 Å². The van der Waals surface area contributed by atoms with Gasteiger partial charge >= 0.3 is 0 Å². The Morgan fingerprint density at radius 2 is 1.45 bits per heavy atom. The fraction of sp³-hybridized carbons (Fsp3) is 0.0476. The Balaban J connectivity index is 1.90. The van der Waals surface area contributed by atoms with E-state index in [0.717, 1.165) is 17.7 Å². The Labute approximate surface area is 130 Å². The maximum Gasteiger partial charge on any atom is 0.0561 e. The first-order chi connectivity index (χ1) is 10.9. The molecule has 0 spiro atoms. The van der Waals surface area contributed by atoms with Crippen LogP contribution in [0.15, 0.2) is 67.2 Å². The molecule has 0 unspecified atom stereocenters. The number of benzene rings is 2. The summed E-state index contributed by atoms with van der Waals surface area (Å²) in [5.74, 6) is 0. The van der Waals surface area contributed by atoms with Gasteiger partial charge in [0.1, 0.15) is 0 Å². The number of para-hydroxylation sites is 2. The summed E-state index contributed by atoms with van der Waals surface area (Å²) in [5.41, 5.74) is 4.61. The summed E-state index contributed by atoms with van der Waals surface area (Å²) in [7, 11) is 0. The standard InChI is InChI=1S/C21H15N/c1-2-16-11-13-17(14-12-16)15-22-20-9-5-3-7-18(20)19-8-4-6-10-21(19)22/h2-11,13H,1,15H2. The molecule has 4 rings (SSSR count). The molecule has 0 radical (unpaired) electrons. The first-order valence-corrected chi connectivity index (χ1v) is 7.38. The normalized spacial score (nSPS) is 10.7. The minimum atomic E-state index is 0.794. The van der Waals surface area contributed by atoms with E-state index in [4.69, 9.17) is 0 Å². The van der Waals surface area contributed by atoms with E-state index in [1.165, 1.54) is 21.8 Å². The van der Waals surface area contributed by atoms with Gasteiger partial charge in [0.05, 0.1) is 6.54 Å². The second-order valence-electron chi connectivity index (χ2n) is 5.39. The quantitative estimate of drug-likeness (QED) is 0.493. The van der Waals surface area contributed by atoms with E-state index in [1.807, 2.05) is 6.07 Å². The van der Waals surface area contributed by atoms with Gasteiger partial charge in [0, 0.05) is 32.9 Å². The van der Waals surface area contributed by atoms with Crippen LogP contribution in [0, 0.1) is 12.1 Å². The molecule has 0 bridgehead atoms. The molecule has 0 aliphatic rings. The maximum atomic E-state index is 3.76. The predicted molar refractivity (Wildman–Crippen MR) is 92.8 cm³/mol. The van der Waals surface area contributed by atoms with Gasteiger partial charge in [-0.25, -0.2) is 0 Å². The Morgan fingerprint density at radius 3 is 2.00 bits per heavy atom. The second-order valence-corrected chi connectivity index (χ2v) is 5.39. The topological polar surface area (TPSA) is 4.93 Å². The molecule has 0 saturated carbocycles. The van der Waals surface area contributed by atoms with Crippen molar-refractivity contribution in [3.8, 4) is 0 Å². The monoisotopic (exact) mass is 281 g/mol. The molecule has 0 fully saturated rings. The molecule has 22 heavy (non-hydrogen) atoms. The molecule has 1 heteroatoms. The molecule has 0 saturated heterocycles. The van der Waals surface area contributed by atoms with Gasteiger partial charge < -0.3 is 4.57 Å². The van der Waals surface area contributed by atoms with Crippen LogP contribution in [-0.4, -0.2) is 4.57 Å². The van der Waals surface area contributed by atoms with Gasteiger partial charge in [-0.1, -0.05) is 61.2 Å². The number of nitrogens with zero attached hydrogens (tertiary/aromatic N) is 1. The number of hydrogen-bond acceptors (Lipinski definition) is 0. The summed E-state index contributed by atoms with van der Waals surface area (Å²) in [4.78, 5) is 0. The summed E-state index contributed by atoms with van der Waals surface area (Å²) < 4.78 is 2.35. The van der Waals surface area contributed by atoms with Crippen molar-refractivity contribution in [3.63, 3.8) is 0 Å². The van der Waals surface area contributed by atoms with Gasteiger partial charge in [-0.2, -0.15) is 0 Å². The summed E-state index contributed by atoms with van der Waals surface area (Å²) in [6.45, 7) is 4.56. The van der Waals surface area contributed by atoms with E-state index in [9.17, 15) is 0 Å². The molecule has 0 aliphatic carbocycles. The molecule has 1 heterocycles. The number of fused-ring (bicyclic) bond motifs is 3. The SMILES string of the molecule is C=Cc1c#cc(Cn2c3ccccc3c3ccccc32)cc1. The van der Waals surface area contributed by atoms with Crippen LogP contribution in [0.4, 0.5) is 0 Å². The third kappa shape index (κ3) is 1.98. The summed E-state index contributed by atoms with van der Waals surface area (Å²) in [5, 5.41) is 2.59. The van der Waals surface area contributed by atoms with Crippen LogP contribution in [0.5, 0.6) is 0 Å². The van der Waals surface area contributed by atoms with E-state index in [1.54, 1.807) is 6.08 Å². The lowest BCUT2D eigenvalue weighted by Gasteiger charge is -2.06. The van der Waals surface area contributed by atoms with Crippen molar-refractivity contribution >= 4 is 27.9 Å². The van der Waals surface area contributed by atoms with Crippen LogP contribution in [0.1, 0.15) is 11.1 Å². The van der Waals surface area contributed by atoms with Crippen molar-refractivity contribution in [3.05, 3.63) is 90.5 Å². The molecular formula is C21H15N. The van der Waals surface area contributed by atoms with Crippen molar-refractivity contribution < 1.29 is 0 Å². The van der Waals surface area contributed by atoms with Crippen LogP contribution >= 0.6 is 0 Å². The van der Waals surface area contributed by atoms with Crippen molar-refractivity contribution in [1.82, 2.24) is 4.57 Å². The zero-order valence-corrected chi connectivity index (χ0v) is 12.2. The van der Waals surface area contributed by atoms with E-state index in [-0.39, 0.29) is 0 Å². The van der Waals surface area contributed by atoms with Crippen LogP contribution < -0.4 is 0 Å². The van der Waals surface area contributed by atoms with Crippen LogP contribution in [0.3, 0.4) is 0 Å². The van der Waals surface area contributed by atoms with E-state index in [0.29, 0.717) is 0 Å². The van der Waals surface area contributed by atoms with Gasteiger partial charge in [-0.3, -0.25) is 0 Å². The Hall–Kier alpha value is -2.98. The third-order valence-corrected chi connectivity index (χ3v) is 4.06. The Bertz CT molecular complexity index is 905. The van der Waals surface area contributed by atoms with E-state index in [2.05, 4.69) is 77.9 Å². The maximum absolute atomic E-state index is 3.76. The van der Waals surface area contributed by atoms with Crippen molar-refractivity contribution in [1.29, 1.82) is 0 Å². The van der Waals surface area contributed by atoms with Crippen LogP contribution in [-0.2, 0) is 6.54 Å². The van der Waals surface area contributed by atoms with E-state index >= 15 is 0 Å². The lowest BCUT2D eigenvalue weighted by molar-refractivity contribution is 0.869. The van der Waals surface area contributed by atoms with Crippen molar-refractivity contribution in [2.45, 2.75) is 6.54 Å². The lowest BCUT2D eigenvalue weighted by Crippen LogP contribution is -1.98. The lowest BCUT2D eigenvalue weighted by atomic mass is 10.2. The third-order valence-electron chi connectivity index (χ3n) is 4.06. The predicted octanol–water partition coefficient (Wildman–Crippen LogP) is 5.09. The smallest absolute Gasteiger partial charge is 0.0561 e. The fourth-order valence-corrected chi connectivity index (χ4v) is 2.98. The molecule has 0 N–H and O–H groups in total. The molecule has 0 amide bonds. The number of rotatable bonds is 3. The zero-order chi connectivity index (χ0) is 14.9. The molecule has 4 aromatic rings. The zero-order valence-electron chi connectivity index (χ0n) is 12.2. The fourth-order valence-electron chi connectivity index (χ4n) is 2.98. The minimum absolute atomic E-state index is 0.794. The number of hydrogen-bond donors (Lipinski definition) is 0. The Kier molecular flexibility index (Phi) is 2.95. The van der Waals surface area contributed by atoms with Crippen molar-refractivity contribution in [2.24, 2.45) is 0 Å². The molecule has 104 valence electrons. The summed E-state index contributed by atoms with van der Waals surface area (Å²) >= 11 is 0.